The summed E-state index contributed by atoms with van der Waals surface area (Å²) in [4.78, 5) is 35.1. The van der Waals surface area contributed by atoms with E-state index in [9.17, 15) is 39.9 Å². The number of nitrogens with one attached hydrogen (secondary N) is 1. The second-order valence-electron chi connectivity index (χ2n) is 16.2. The monoisotopic (exact) mass is 779 g/mol. The van der Waals surface area contributed by atoms with Gasteiger partial charge in [-0.1, -0.05) is 0 Å². The van der Waals surface area contributed by atoms with Gasteiger partial charge in [0.2, 0.25) is 0 Å². The van der Waals surface area contributed by atoms with Gasteiger partial charge >= 0.3 is 11.6 Å². The van der Waals surface area contributed by atoms with Crippen molar-refractivity contribution in [2.24, 2.45) is 35.5 Å². The molecule has 9 aliphatic rings. The third-order valence-corrected chi connectivity index (χ3v) is 12.2. The third-order valence-electron chi connectivity index (χ3n) is 12.2. The summed E-state index contributed by atoms with van der Waals surface area (Å²) in [6, 6.07) is 9.07. The van der Waals surface area contributed by atoms with Crippen LogP contribution in [0.4, 0.5) is 33.2 Å². The fourth-order valence-corrected chi connectivity index (χ4v) is 9.03. The molecule has 3 unspecified atom stereocenters. The SMILES string of the molecule is Nc1ccc(N2C[C@H]3CC[C@@H](C2)C(O)C3)cn1.O=[N+]([O-])c1ccc(F)cn1.O=[N+]([O-])c1ccc(N2C[C@H]3CC[C@@H](C2)C(O)C3)cn1.OC1C[C@@H]2CC[C@H]1CNC2. The first-order valence-corrected chi connectivity index (χ1v) is 19.7. The van der Waals surface area contributed by atoms with E-state index >= 15 is 0 Å². The Morgan fingerprint density at radius 3 is 1.57 bits per heavy atom. The topological polar surface area (TPSA) is 230 Å². The van der Waals surface area contributed by atoms with Crippen LogP contribution in [-0.4, -0.2) is 97.7 Å². The Hall–Kier alpha value is -4.58. The van der Waals surface area contributed by atoms with Crippen molar-refractivity contribution < 1.29 is 29.6 Å². The van der Waals surface area contributed by atoms with Crippen molar-refractivity contribution in [3.63, 3.8) is 0 Å². The molecule has 0 aromatic carbocycles. The van der Waals surface area contributed by atoms with Crippen LogP contribution in [0, 0.1) is 61.6 Å². The standard InChI is InChI=1S/C13H17N3O3.C13H19N3O.C8H15NO.C5H3FN2O2/c17-12-5-9-1-2-10(12)8-15(7-9)11-3-4-13(14-6-11)16(18)19;14-13-4-3-11(6-15-13)16-7-9-1-2-10(8-16)12(17)5-9;10-8-3-6-1-2-7(8)5-9-4-6;6-4-1-2-5(7-3-4)8(9)10/h3-4,6,9-10,12,17H,1-2,5,7-8H2;3-4,6,9-10,12,17H,1-2,5,7-8H2,(H2,14,15);6-10H,1-5H2;1-3H/t2*9-,10-,12?;6-,7-,8?;/m000./s1. The molecule has 6 bridgehead atoms. The van der Waals surface area contributed by atoms with E-state index in [2.05, 4.69) is 30.1 Å². The third kappa shape index (κ3) is 11.0. The van der Waals surface area contributed by atoms with Crippen LogP contribution in [0.2, 0.25) is 0 Å². The van der Waals surface area contributed by atoms with Crippen molar-refractivity contribution in [1.29, 1.82) is 0 Å². The molecule has 3 aromatic heterocycles. The largest absolute Gasteiger partial charge is 0.393 e. The number of rotatable bonds is 4. The van der Waals surface area contributed by atoms with Gasteiger partial charge in [-0.2, -0.15) is 0 Å². The molecule has 17 heteroatoms. The lowest BCUT2D eigenvalue weighted by atomic mass is 9.82. The maximum atomic E-state index is 12.1. The summed E-state index contributed by atoms with van der Waals surface area (Å²) >= 11 is 0. The number of aliphatic hydroxyl groups is 3. The van der Waals surface area contributed by atoms with E-state index in [4.69, 9.17) is 5.73 Å². The molecule has 6 N–H and O–H groups in total. The smallest absolute Gasteiger partial charge is 0.363 e. The van der Waals surface area contributed by atoms with Gasteiger partial charge in [-0.15, -0.1) is 0 Å². The van der Waals surface area contributed by atoms with Crippen LogP contribution < -0.4 is 20.9 Å². The molecule has 6 saturated heterocycles. The minimum absolute atomic E-state index is 0.00579. The lowest BCUT2D eigenvalue weighted by molar-refractivity contribution is -0.389. The van der Waals surface area contributed by atoms with Crippen LogP contribution in [0.25, 0.3) is 0 Å². The fraction of sp³-hybridized carbons (Fsp3) is 0.615. The summed E-state index contributed by atoms with van der Waals surface area (Å²) in [6.45, 7) is 5.89. The second-order valence-corrected chi connectivity index (χ2v) is 16.2. The van der Waals surface area contributed by atoms with Crippen LogP contribution in [0.5, 0.6) is 0 Å². The molecule has 12 rings (SSSR count). The Morgan fingerprint density at radius 2 is 1.11 bits per heavy atom. The van der Waals surface area contributed by atoms with E-state index in [0.29, 0.717) is 35.4 Å². The quantitative estimate of drug-likeness (QED) is 0.183. The zero-order chi connectivity index (χ0) is 39.8. The summed E-state index contributed by atoms with van der Waals surface area (Å²) < 4.78 is 12.1. The highest BCUT2D eigenvalue weighted by molar-refractivity contribution is 5.49. The number of fused-ring (bicyclic) bond motifs is 12. The van der Waals surface area contributed by atoms with Gasteiger partial charge in [-0.25, -0.2) is 9.37 Å². The number of nitrogen functional groups attached to an aromatic ring is 1. The van der Waals surface area contributed by atoms with E-state index in [-0.39, 0.29) is 29.9 Å². The van der Waals surface area contributed by atoms with Gasteiger partial charge in [0.05, 0.1) is 35.9 Å². The maximum Gasteiger partial charge on any atom is 0.363 e. The molecule has 3 aliphatic carbocycles. The summed E-state index contributed by atoms with van der Waals surface area (Å²) in [5.74, 6) is 2.71. The second kappa shape index (κ2) is 19.0. The summed E-state index contributed by atoms with van der Waals surface area (Å²) in [6.07, 6.45) is 14.0. The number of nitrogens with two attached hydrogens (primary N) is 1. The van der Waals surface area contributed by atoms with E-state index in [1.807, 2.05) is 18.3 Å². The van der Waals surface area contributed by atoms with Gasteiger partial charge in [-0.3, -0.25) is 0 Å². The van der Waals surface area contributed by atoms with Crippen LogP contribution in [0.3, 0.4) is 0 Å². The first-order valence-electron chi connectivity index (χ1n) is 19.7. The van der Waals surface area contributed by atoms with Crippen LogP contribution in [-0.2, 0) is 0 Å². The van der Waals surface area contributed by atoms with Gasteiger partial charge in [0.25, 0.3) is 0 Å². The van der Waals surface area contributed by atoms with Gasteiger partial charge in [-0.05, 0) is 132 Å². The van der Waals surface area contributed by atoms with Crippen LogP contribution in [0.15, 0.2) is 55.0 Å². The summed E-state index contributed by atoms with van der Waals surface area (Å²) in [5, 5.41) is 53.5. The van der Waals surface area contributed by atoms with Crippen molar-refractivity contribution >= 4 is 28.8 Å². The highest BCUT2D eigenvalue weighted by Gasteiger charge is 2.37. The minimum atomic E-state index is -0.681. The number of nitrogens with zero attached hydrogens (tertiary/aromatic N) is 7. The van der Waals surface area contributed by atoms with Crippen molar-refractivity contribution in [1.82, 2.24) is 20.3 Å². The molecular weight excluding hydrogens is 725 g/mol. The summed E-state index contributed by atoms with van der Waals surface area (Å²) in [5.41, 5.74) is 7.65. The molecule has 304 valence electrons. The van der Waals surface area contributed by atoms with E-state index < -0.39 is 15.7 Å². The van der Waals surface area contributed by atoms with E-state index in [1.165, 1.54) is 31.7 Å². The number of aliphatic hydroxyl groups excluding tert-OH is 3. The Bertz CT molecular complexity index is 1720. The number of hydrogen-bond acceptors (Lipinski definition) is 14. The highest BCUT2D eigenvalue weighted by Crippen LogP contribution is 2.37. The van der Waals surface area contributed by atoms with Crippen LogP contribution >= 0.6 is 0 Å². The van der Waals surface area contributed by atoms with Crippen molar-refractivity contribution in [3.8, 4) is 0 Å². The first kappa shape index (κ1) is 41.1. The predicted molar refractivity (Wildman–Crippen MR) is 208 cm³/mol. The predicted octanol–water partition coefficient (Wildman–Crippen LogP) is 4.34. The molecule has 9 atom stereocenters. The van der Waals surface area contributed by atoms with E-state index in [0.717, 1.165) is 107 Å². The Morgan fingerprint density at radius 1 is 0.625 bits per heavy atom. The zero-order valence-corrected chi connectivity index (χ0v) is 31.6. The van der Waals surface area contributed by atoms with Crippen molar-refractivity contribution in [3.05, 3.63) is 81.0 Å². The average molecular weight is 780 g/mol. The van der Waals surface area contributed by atoms with Gasteiger partial charge < -0.3 is 56.4 Å². The molecule has 0 radical (unpaired) electrons. The van der Waals surface area contributed by atoms with Crippen molar-refractivity contribution in [2.45, 2.75) is 76.1 Å². The molecule has 16 nitrogen and oxygen atoms in total. The first-order chi connectivity index (χ1) is 26.9. The number of hydrogen-bond donors (Lipinski definition) is 5. The van der Waals surface area contributed by atoms with Crippen molar-refractivity contribution in [2.75, 3.05) is 54.8 Å². The minimum Gasteiger partial charge on any atom is -0.393 e. The van der Waals surface area contributed by atoms with Gasteiger partial charge in [0.15, 0.2) is 18.2 Å². The number of nitro groups is 2. The molecular formula is C39H54FN9O7. The molecule has 9 heterocycles. The molecule has 3 aromatic rings. The van der Waals surface area contributed by atoms with Gasteiger partial charge in [0, 0.05) is 56.7 Å². The highest BCUT2D eigenvalue weighted by atomic mass is 19.1. The Labute approximate surface area is 325 Å². The number of anilines is 3. The average Bonchev–Trinajstić information content (AvgIpc) is 3.79. The fourth-order valence-electron chi connectivity index (χ4n) is 9.03. The molecule has 9 fully saturated rings. The molecule has 56 heavy (non-hydrogen) atoms. The van der Waals surface area contributed by atoms with E-state index in [1.54, 1.807) is 12.3 Å². The molecule has 6 aliphatic heterocycles. The Balaban J connectivity index is 0.000000132. The lowest BCUT2D eigenvalue weighted by Gasteiger charge is -2.27. The number of halogens is 1. The Kier molecular flexibility index (Phi) is 14.0. The molecule has 3 saturated carbocycles. The number of pyridine rings is 3. The molecule has 0 amide bonds. The maximum absolute atomic E-state index is 12.1. The lowest BCUT2D eigenvalue weighted by Crippen LogP contribution is -2.31. The normalized spacial score (nSPS) is 30.2. The summed E-state index contributed by atoms with van der Waals surface area (Å²) in [7, 11) is 0. The van der Waals surface area contributed by atoms with Crippen LogP contribution in [0.1, 0.15) is 57.8 Å². The zero-order valence-electron chi connectivity index (χ0n) is 31.6. The van der Waals surface area contributed by atoms with Gasteiger partial charge in [0.1, 0.15) is 5.82 Å². The number of aromatic nitrogens is 3. The molecule has 0 spiro atoms.